The van der Waals surface area contributed by atoms with Crippen LogP contribution in [0.3, 0.4) is 0 Å². The maximum Gasteiger partial charge on any atom is 0.252 e. The summed E-state index contributed by atoms with van der Waals surface area (Å²) in [6.45, 7) is 7.79. The Morgan fingerprint density at radius 3 is 2.64 bits per heavy atom. The second-order valence-corrected chi connectivity index (χ2v) is 13.6. The molecule has 218 valence electrons. The van der Waals surface area contributed by atoms with Crippen LogP contribution in [0.4, 0.5) is 8.78 Å². The van der Waals surface area contributed by atoms with Crippen LogP contribution in [0, 0.1) is 17.0 Å². The Kier molecular flexibility index (Phi) is 6.76. The van der Waals surface area contributed by atoms with Crippen molar-refractivity contribution in [3.63, 3.8) is 0 Å². The lowest BCUT2D eigenvalue weighted by atomic mass is 9.66. The molecule has 3 heterocycles. The van der Waals surface area contributed by atoms with Crippen molar-refractivity contribution in [2.45, 2.75) is 44.4 Å². The Bertz CT molecular complexity index is 1810. The molecule has 0 spiro atoms. The molecule has 0 saturated heterocycles. The highest BCUT2D eigenvalue weighted by molar-refractivity contribution is 7.91. The van der Waals surface area contributed by atoms with Gasteiger partial charge in [-0.05, 0) is 66.0 Å². The zero-order valence-electron chi connectivity index (χ0n) is 23.1. The van der Waals surface area contributed by atoms with Crippen LogP contribution in [0.25, 0.3) is 22.8 Å². The Morgan fingerprint density at radius 1 is 1.14 bits per heavy atom. The van der Waals surface area contributed by atoms with Gasteiger partial charge < -0.3 is 5.11 Å². The Labute approximate surface area is 241 Å². The molecule has 0 unspecified atom stereocenters. The van der Waals surface area contributed by atoms with Gasteiger partial charge in [0.2, 0.25) is 0 Å². The van der Waals surface area contributed by atoms with Crippen molar-refractivity contribution in [1.29, 1.82) is 0 Å². The fourth-order valence-electron chi connectivity index (χ4n) is 6.61. The Balaban J connectivity index is 1.34. The van der Waals surface area contributed by atoms with Crippen LogP contribution >= 0.6 is 0 Å². The third-order valence-corrected chi connectivity index (χ3v) is 10.4. The van der Waals surface area contributed by atoms with Gasteiger partial charge in [0.25, 0.3) is 5.95 Å². The van der Waals surface area contributed by atoms with E-state index >= 15 is 0 Å². The fraction of sp³-hybridized carbons (Fsp3) is 0.379. The van der Waals surface area contributed by atoms with Gasteiger partial charge in [0.15, 0.2) is 15.7 Å². The first-order valence-corrected chi connectivity index (χ1v) is 15.4. The number of fused-ring (bicyclic) bond motifs is 5. The van der Waals surface area contributed by atoms with Gasteiger partial charge in [0.1, 0.15) is 18.0 Å². The maximum absolute atomic E-state index is 14.6. The second-order valence-electron chi connectivity index (χ2n) is 11.3. The zero-order valence-corrected chi connectivity index (χ0v) is 23.9. The summed E-state index contributed by atoms with van der Waals surface area (Å²) in [7, 11) is -3.41. The average Bonchev–Trinajstić information content (AvgIpc) is 3.60. The van der Waals surface area contributed by atoms with Crippen molar-refractivity contribution < 1.29 is 22.3 Å². The van der Waals surface area contributed by atoms with Gasteiger partial charge in [-0.15, -0.1) is 10.2 Å². The molecule has 1 N–H and O–H groups in total. The number of rotatable bonds is 9. The van der Waals surface area contributed by atoms with E-state index in [0.29, 0.717) is 5.57 Å². The molecule has 10 nitrogen and oxygen atoms in total. The molecule has 0 aliphatic heterocycles. The first-order valence-electron chi connectivity index (χ1n) is 13.6. The molecule has 4 aromatic rings. The van der Waals surface area contributed by atoms with Gasteiger partial charge in [-0.3, -0.25) is 0 Å². The van der Waals surface area contributed by atoms with Gasteiger partial charge in [0, 0.05) is 6.20 Å². The third-order valence-electron chi connectivity index (χ3n) is 8.81. The largest absolute Gasteiger partial charge is 0.395 e. The van der Waals surface area contributed by atoms with Gasteiger partial charge in [-0.2, -0.15) is 9.78 Å². The number of hydrogen-bond donors (Lipinski definition) is 1. The number of aromatic nitrogens is 7. The fourth-order valence-corrected chi connectivity index (χ4v) is 7.65. The number of halogens is 2. The summed E-state index contributed by atoms with van der Waals surface area (Å²) in [5, 5.41) is 22.2. The minimum absolute atomic E-state index is 0.0819. The van der Waals surface area contributed by atoms with E-state index in [1.807, 2.05) is 6.07 Å². The summed E-state index contributed by atoms with van der Waals surface area (Å²) in [5.41, 5.74) is 1.84. The molecule has 1 aromatic carbocycles. The smallest absolute Gasteiger partial charge is 0.252 e. The third kappa shape index (κ3) is 4.33. The number of sulfone groups is 1. The van der Waals surface area contributed by atoms with Crippen molar-refractivity contribution in [2.75, 3.05) is 18.1 Å². The van der Waals surface area contributed by atoms with Crippen LogP contribution in [-0.4, -0.2) is 66.6 Å². The van der Waals surface area contributed by atoms with E-state index in [-0.39, 0.29) is 52.3 Å². The Morgan fingerprint density at radius 2 is 1.90 bits per heavy atom. The van der Waals surface area contributed by atoms with Gasteiger partial charge >= 0.3 is 0 Å². The van der Waals surface area contributed by atoms with E-state index in [0.717, 1.165) is 29.8 Å². The number of allylic oxidation sites excluding steroid dienone is 1. The predicted octanol–water partition coefficient (Wildman–Crippen LogP) is 3.81. The van der Waals surface area contributed by atoms with Crippen molar-refractivity contribution in [1.82, 2.24) is 34.9 Å². The summed E-state index contributed by atoms with van der Waals surface area (Å²) >= 11 is 0. The summed E-state index contributed by atoms with van der Waals surface area (Å²) in [6, 6.07) is 7.33. The summed E-state index contributed by atoms with van der Waals surface area (Å²) in [4.78, 5) is 13.6. The summed E-state index contributed by atoms with van der Waals surface area (Å²) in [6.07, 6.45) is 4.82. The van der Waals surface area contributed by atoms with Crippen LogP contribution in [0.2, 0.25) is 0 Å². The first kappa shape index (κ1) is 28.2. The lowest BCUT2D eigenvalue weighted by Crippen LogP contribution is -2.38. The Hall–Kier alpha value is -3.97. The van der Waals surface area contributed by atoms with E-state index in [2.05, 4.69) is 45.7 Å². The van der Waals surface area contributed by atoms with Crippen molar-refractivity contribution in [3.8, 4) is 17.2 Å². The van der Waals surface area contributed by atoms with Crippen LogP contribution in [0.5, 0.6) is 0 Å². The second kappa shape index (κ2) is 10.1. The molecule has 3 aromatic heterocycles. The molecule has 2 aliphatic carbocycles. The lowest BCUT2D eigenvalue weighted by molar-refractivity contribution is 0.242. The predicted molar refractivity (Wildman–Crippen MR) is 150 cm³/mol. The van der Waals surface area contributed by atoms with Gasteiger partial charge in [-0.25, -0.2) is 32.2 Å². The van der Waals surface area contributed by atoms with E-state index in [1.165, 1.54) is 29.2 Å². The van der Waals surface area contributed by atoms with Crippen LogP contribution in [0.1, 0.15) is 61.8 Å². The molecular weight excluding hydrogens is 564 g/mol. The molecule has 42 heavy (non-hydrogen) atoms. The van der Waals surface area contributed by atoms with Crippen LogP contribution in [0.15, 0.2) is 49.4 Å². The topological polar surface area (TPSA) is 137 Å². The van der Waals surface area contributed by atoms with E-state index < -0.39 is 33.5 Å². The summed E-state index contributed by atoms with van der Waals surface area (Å²) in [5.74, 6) is -1.24. The molecule has 0 radical (unpaired) electrons. The highest BCUT2D eigenvalue weighted by Crippen LogP contribution is 2.69. The minimum atomic E-state index is -3.41. The summed E-state index contributed by atoms with van der Waals surface area (Å²) < 4.78 is 54.5. The number of aliphatic hydroxyl groups excluding tert-OH is 1. The lowest BCUT2D eigenvalue weighted by Gasteiger charge is -2.37. The van der Waals surface area contributed by atoms with Gasteiger partial charge in [0.05, 0.1) is 46.2 Å². The molecular formula is C29H29F2N7O3S. The van der Waals surface area contributed by atoms with E-state index in [4.69, 9.17) is 10.1 Å². The molecule has 2 aliphatic rings. The molecule has 1 saturated carbocycles. The molecule has 2 atom stereocenters. The quantitative estimate of drug-likeness (QED) is 0.307. The van der Waals surface area contributed by atoms with E-state index in [9.17, 15) is 17.2 Å². The van der Waals surface area contributed by atoms with E-state index in [1.54, 1.807) is 12.3 Å². The van der Waals surface area contributed by atoms with Crippen LogP contribution < -0.4 is 0 Å². The van der Waals surface area contributed by atoms with Crippen molar-refractivity contribution in [2.24, 2.45) is 5.41 Å². The maximum atomic E-state index is 14.6. The van der Waals surface area contributed by atoms with Crippen molar-refractivity contribution in [3.05, 3.63) is 83.8 Å². The monoisotopic (exact) mass is 593 g/mol. The highest BCUT2D eigenvalue weighted by Gasteiger charge is 2.65. The number of nitrogens with zero attached hydrogens (tertiary/aromatic N) is 7. The zero-order chi connectivity index (χ0) is 29.9. The molecule has 0 amide bonds. The SMILES string of the molecule is C=C(CCS(=O)(=O)CCO)c1ncn(-c2nccc([C@]34CC[C@@H](c5cc(-c6c(F)cccc6F)nnc53)C4(C)C)n2)n1. The molecule has 1 fully saturated rings. The first-order chi connectivity index (χ1) is 20.0. The molecule has 2 bridgehead atoms. The van der Waals surface area contributed by atoms with Crippen LogP contribution in [-0.2, 0) is 15.3 Å². The van der Waals surface area contributed by atoms with Gasteiger partial charge in [-0.1, -0.05) is 26.5 Å². The minimum Gasteiger partial charge on any atom is -0.395 e. The van der Waals surface area contributed by atoms with Crippen molar-refractivity contribution >= 4 is 15.4 Å². The standard InChI is InChI=1S/C29H29F2N7O3S/c1-17(9-13-42(40,41)14-12-39)26-33-16-38(37-26)27-32-11-8-23(34-27)29-10-7-19(28(29,2)3)18-15-22(35-36-25(18)29)24-20(30)5-4-6-21(24)31/h4-6,8,11,15-16,19,39H,1,7,9-10,12-14H2,2-3H3/t19-,29+/m0/s1. The normalized spacial score (nSPS) is 20.5. The number of benzene rings is 1. The number of aliphatic hydroxyl groups is 1. The molecule has 13 heteroatoms. The highest BCUT2D eigenvalue weighted by atomic mass is 32.2. The average molecular weight is 594 g/mol. The molecule has 6 rings (SSSR count). The number of hydrogen-bond acceptors (Lipinski definition) is 9.